The molecule has 0 fully saturated rings. The van der Waals surface area contributed by atoms with Gasteiger partial charge >= 0.3 is 12.0 Å². The van der Waals surface area contributed by atoms with Gasteiger partial charge in [-0.1, -0.05) is 0 Å². The molecule has 134 valence electrons. The SMILES string of the molecule is COC(=O)c1ccc(OC(C)C)c(NC(=O)Nc2c(C)n[nH]c2C)c1. The van der Waals surface area contributed by atoms with Gasteiger partial charge in [0.15, 0.2) is 0 Å². The Morgan fingerprint density at radius 1 is 1.20 bits per heavy atom. The fourth-order valence-corrected chi connectivity index (χ4v) is 2.23. The highest BCUT2D eigenvalue weighted by Crippen LogP contribution is 2.28. The molecule has 0 aliphatic rings. The number of anilines is 2. The first-order valence-electron chi connectivity index (χ1n) is 7.80. The minimum absolute atomic E-state index is 0.0917. The molecule has 0 aliphatic heterocycles. The molecule has 0 atom stereocenters. The average Bonchev–Trinajstić information content (AvgIpc) is 2.87. The second kappa shape index (κ2) is 7.69. The monoisotopic (exact) mass is 346 g/mol. The van der Waals surface area contributed by atoms with Crippen LogP contribution in [0.2, 0.25) is 0 Å². The number of aryl methyl sites for hydroxylation is 2. The molecule has 2 rings (SSSR count). The fraction of sp³-hybridized carbons (Fsp3) is 0.353. The molecule has 8 heteroatoms. The quantitative estimate of drug-likeness (QED) is 0.721. The average molecular weight is 346 g/mol. The number of nitrogens with zero attached hydrogens (tertiary/aromatic N) is 1. The fourth-order valence-electron chi connectivity index (χ4n) is 2.23. The Labute approximate surface area is 145 Å². The standard InChI is InChI=1S/C17H22N4O4/c1-9(2)25-14-7-6-12(16(22)24-5)8-13(14)18-17(23)19-15-10(3)20-21-11(15)4/h6-9H,1-5H3,(H,20,21)(H2,18,19,23). The second-order valence-electron chi connectivity index (χ2n) is 5.76. The molecule has 0 bridgehead atoms. The topological polar surface area (TPSA) is 105 Å². The highest BCUT2D eigenvalue weighted by molar-refractivity contribution is 6.02. The summed E-state index contributed by atoms with van der Waals surface area (Å²) in [6, 6.07) is 4.24. The largest absolute Gasteiger partial charge is 0.489 e. The molecule has 0 aliphatic carbocycles. The van der Waals surface area contributed by atoms with Gasteiger partial charge in [-0.05, 0) is 45.9 Å². The van der Waals surface area contributed by atoms with Gasteiger partial charge < -0.3 is 20.1 Å². The molecule has 25 heavy (non-hydrogen) atoms. The summed E-state index contributed by atoms with van der Waals surface area (Å²) in [6.07, 6.45) is -0.0917. The van der Waals surface area contributed by atoms with E-state index >= 15 is 0 Å². The molecule has 8 nitrogen and oxygen atoms in total. The van der Waals surface area contributed by atoms with Crippen LogP contribution in [0, 0.1) is 13.8 Å². The van der Waals surface area contributed by atoms with E-state index in [1.165, 1.54) is 13.2 Å². The third-order valence-electron chi connectivity index (χ3n) is 3.38. The Hall–Kier alpha value is -3.03. The second-order valence-corrected chi connectivity index (χ2v) is 5.76. The molecule has 1 aromatic heterocycles. The number of aromatic nitrogens is 2. The summed E-state index contributed by atoms with van der Waals surface area (Å²) in [7, 11) is 1.30. The first-order valence-corrected chi connectivity index (χ1v) is 7.80. The Bertz CT molecular complexity index is 763. The molecular weight excluding hydrogens is 324 g/mol. The first-order chi connectivity index (χ1) is 11.8. The van der Waals surface area contributed by atoms with E-state index in [2.05, 4.69) is 20.8 Å². The number of amides is 2. The van der Waals surface area contributed by atoms with Crippen molar-refractivity contribution in [3.63, 3.8) is 0 Å². The van der Waals surface area contributed by atoms with E-state index in [9.17, 15) is 9.59 Å². The van der Waals surface area contributed by atoms with E-state index < -0.39 is 12.0 Å². The Morgan fingerprint density at radius 2 is 1.92 bits per heavy atom. The van der Waals surface area contributed by atoms with Crippen LogP contribution in [0.5, 0.6) is 5.75 Å². The number of aromatic amines is 1. The van der Waals surface area contributed by atoms with E-state index in [0.717, 1.165) is 5.69 Å². The number of ether oxygens (including phenoxy) is 2. The number of H-pyrrole nitrogens is 1. The maximum Gasteiger partial charge on any atom is 0.337 e. The minimum atomic E-state index is -0.499. The van der Waals surface area contributed by atoms with Crippen LogP contribution < -0.4 is 15.4 Å². The lowest BCUT2D eigenvalue weighted by Gasteiger charge is -2.16. The van der Waals surface area contributed by atoms with Gasteiger partial charge in [-0.25, -0.2) is 9.59 Å². The van der Waals surface area contributed by atoms with Crippen LogP contribution in [0.1, 0.15) is 35.6 Å². The number of benzene rings is 1. The van der Waals surface area contributed by atoms with Crippen LogP contribution in [0.15, 0.2) is 18.2 Å². The summed E-state index contributed by atoms with van der Waals surface area (Å²) in [5, 5.41) is 12.3. The number of carbonyl (C=O) groups excluding carboxylic acids is 2. The van der Waals surface area contributed by atoms with E-state index in [4.69, 9.17) is 9.47 Å². The van der Waals surface area contributed by atoms with Gasteiger partial charge in [-0.3, -0.25) is 5.10 Å². The molecule has 2 aromatic rings. The van der Waals surface area contributed by atoms with E-state index in [1.807, 2.05) is 13.8 Å². The van der Waals surface area contributed by atoms with Crippen molar-refractivity contribution in [1.82, 2.24) is 10.2 Å². The van der Waals surface area contributed by atoms with Crippen molar-refractivity contribution in [2.75, 3.05) is 17.7 Å². The van der Waals surface area contributed by atoms with Crippen LogP contribution in [0.3, 0.4) is 0 Å². The number of nitrogens with one attached hydrogen (secondary N) is 3. The zero-order valence-electron chi connectivity index (χ0n) is 14.9. The van der Waals surface area contributed by atoms with Crippen LogP contribution in [-0.4, -0.2) is 35.4 Å². The summed E-state index contributed by atoms with van der Waals surface area (Å²) >= 11 is 0. The highest BCUT2D eigenvalue weighted by atomic mass is 16.5. The Balaban J connectivity index is 2.25. The number of carbonyl (C=O) groups is 2. The van der Waals surface area contributed by atoms with E-state index in [1.54, 1.807) is 26.0 Å². The normalized spacial score (nSPS) is 10.5. The molecule has 0 radical (unpaired) electrons. The van der Waals surface area contributed by atoms with Gasteiger partial charge in [-0.15, -0.1) is 0 Å². The van der Waals surface area contributed by atoms with Crippen LogP contribution >= 0.6 is 0 Å². The third kappa shape index (κ3) is 4.50. The summed E-state index contributed by atoms with van der Waals surface area (Å²) in [6.45, 7) is 7.33. The molecule has 0 spiro atoms. The molecule has 0 unspecified atom stereocenters. The minimum Gasteiger partial charge on any atom is -0.489 e. The Morgan fingerprint density at radius 3 is 2.48 bits per heavy atom. The molecule has 1 aromatic carbocycles. The molecule has 0 saturated heterocycles. The van der Waals surface area contributed by atoms with Crippen molar-refractivity contribution in [2.45, 2.75) is 33.8 Å². The molecular formula is C17H22N4O4. The number of urea groups is 1. The van der Waals surface area contributed by atoms with E-state index in [-0.39, 0.29) is 6.10 Å². The van der Waals surface area contributed by atoms with E-state index in [0.29, 0.717) is 28.4 Å². The van der Waals surface area contributed by atoms with Gasteiger partial charge in [0, 0.05) is 0 Å². The predicted molar refractivity (Wildman–Crippen MR) is 94.2 cm³/mol. The van der Waals surface area contributed by atoms with Crippen LogP contribution in [0.4, 0.5) is 16.2 Å². The third-order valence-corrected chi connectivity index (χ3v) is 3.38. The molecule has 2 amide bonds. The summed E-state index contributed by atoms with van der Waals surface area (Å²) in [5.41, 5.74) is 2.70. The lowest BCUT2D eigenvalue weighted by molar-refractivity contribution is 0.0600. The maximum absolute atomic E-state index is 12.3. The number of methoxy groups -OCH3 is 1. The number of hydrogen-bond acceptors (Lipinski definition) is 5. The van der Waals surface area contributed by atoms with Crippen molar-refractivity contribution in [2.24, 2.45) is 0 Å². The lowest BCUT2D eigenvalue weighted by atomic mass is 10.2. The lowest BCUT2D eigenvalue weighted by Crippen LogP contribution is -2.21. The molecule has 3 N–H and O–H groups in total. The first kappa shape index (κ1) is 18.3. The van der Waals surface area contributed by atoms with Crippen LogP contribution in [-0.2, 0) is 4.74 Å². The summed E-state index contributed by atoms with van der Waals surface area (Å²) < 4.78 is 10.4. The number of hydrogen-bond donors (Lipinski definition) is 3. The summed E-state index contributed by atoms with van der Waals surface area (Å²) in [4.78, 5) is 24.1. The number of esters is 1. The highest BCUT2D eigenvalue weighted by Gasteiger charge is 2.16. The zero-order chi connectivity index (χ0) is 18.6. The van der Waals surface area contributed by atoms with Crippen molar-refractivity contribution in [3.8, 4) is 5.75 Å². The van der Waals surface area contributed by atoms with Crippen LogP contribution in [0.25, 0.3) is 0 Å². The van der Waals surface area contributed by atoms with Crippen molar-refractivity contribution in [3.05, 3.63) is 35.2 Å². The van der Waals surface area contributed by atoms with Gasteiger partial charge in [0.2, 0.25) is 0 Å². The smallest absolute Gasteiger partial charge is 0.337 e. The Kier molecular flexibility index (Phi) is 5.63. The molecule has 0 saturated carbocycles. The van der Waals surface area contributed by atoms with Crippen molar-refractivity contribution >= 4 is 23.4 Å². The van der Waals surface area contributed by atoms with Gasteiger partial charge in [-0.2, -0.15) is 5.10 Å². The van der Waals surface area contributed by atoms with Gasteiger partial charge in [0.05, 0.1) is 41.5 Å². The maximum atomic E-state index is 12.3. The zero-order valence-corrected chi connectivity index (χ0v) is 14.9. The predicted octanol–water partition coefficient (Wildman–Crippen LogP) is 3.24. The summed E-state index contributed by atoms with van der Waals surface area (Å²) in [5.74, 6) is -0.0421. The van der Waals surface area contributed by atoms with Crippen molar-refractivity contribution in [1.29, 1.82) is 0 Å². The molecule has 1 heterocycles. The van der Waals surface area contributed by atoms with Gasteiger partial charge in [0.1, 0.15) is 5.75 Å². The number of rotatable bonds is 5. The van der Waals surface area contributed by atoms with Crippen molar-refractivity contribution < 1.29 is 19.1 Å². The van der Waals surface area contributed by atoms with Gasteiger partial charge in [0.25, 0.3) is 0 Å².